The molecule has 0 bridgehead atoms. The maximum Gasteiger partial charge on any atom is 0.255 e. The first kappa shape index (κ1) is 15.0. The van der Waals surface area contributed by atoms with Crippen LogP contribution in [0.5, 0.6) is 0 Å². The van der Waals surface area contributed by atoms with Gasteiger partial charge >= 0.3 is 0 Å². The van der Waals surface area contributed by atoms with E-state index in [0.717, 1.165) is 23.8 Å². The lowest BCUT2D eigenvalue weighted by Crippen LogP contribution is -2.40. The highest BCUT2D eigenvalue weighted by Gasteiger charge is 2.25. The van der Waals surface area contributed by atoms with E-state index in [1.54, 1.807) is 12.3 Å². The van der Waals surface area contributed by atoms with Gasteiger partial charge in [0.1, 0.15) is 0 Å². The highest BCUT2D eigenvalue weighted by atomic mass is 16.1. The number of H-pyrrole nitrogens is 1. The summed E-state index contributed by atoms with van der Waals surface area (Å²) in [6.07, 6.45) is 7.75. The average Bonchev–Trinajstić information content (AvgIpc) is 2.55. The van der Waals surface area contributed by atoms with Crippen molar-refractivity contribution in [1.82, 2.24) is 4.98 Å². The normalized spacial score (nSPS) is 17.5. The number of carbonyl (C=O) groups excluding carboxylic acids is 1. The SMILES string of the molecule is N[C@@H](C(=O)Cc1ccc2c(=O)[nH]ccc2c1)C1CCCCC1. The standard InChI is InChI=1S/C18H22N2O2/c19-17(13-4-2-1-3-5-13)16(21)11-12-6-7-15-14(10-12)8-9-20-18(15)22/h6-10,13,17H,1-5,11,19H2,(H,20,22)/t17-/m1/s1. The zero-order chi connectivity index (χ0) is 15.5. The summed E-state index contributed by atoms with van der Waals surface area (Å²) in [5, 5.41) is 1.51. The monoisotopic (exact) mass is 298 g/mol. The summed E-state index contributed by atoms with van der Waals surface area (Å²) in [6, 6.07) is 7.04. The summed E-state index contributed by atoms with van der Waals surface area (Å²) in [5.41, 5.74) is 6.99. The summed E-state index contributed by atoms with van der Waals surface area (Å²) in [4.78, 5) is 26.8. The van der Waals surface area contributed by atoms with E-state index >= 15 is 0 Å². The first-order chi connectivity index (χ1) is 10.6. The fraction of sp³-hybridized carbons (Fsp3) is 0.444. The minimum atomic E-state index is -0.352. The number of nitrogens with two attached hydrogens (primary N) is 1. The van der Waals surface area contributed by atoms with Crippen molar-refractivity contribution in [3.63, 3.8) is 0 Å². The second-order valence-corrected chi connectivity index (χ2v) is 6.30. The molecule has 0 saturated heterocycles. The van der Waals surface area contributed by atoms with Gasteiger partial charge in [-0.15, -0.1) is 0 Å². The molecule has 0 amide bonds. The van der Waals surface area contributed by atoms with Crippen LogP contribution in [0, 0.1) is 5.92 Å². The van der Waals surface area contributed by atoms with Crippen LogP contribution in [0.2, 0.25) is 0 Å². The summed E-state index contributed by atoms with van der Waals surface area (Å²) >= 11 is 0. The van der Waals surface area contributed by atoms with Crippen LogP contribution in [0.25, 0.3) is 10.8 Å². The fourth-order valence-electron chi connectivity index (χ4n) is 3.43. The predicted octanol–water partition coefficient (Wildman–Crippen LogP) is 2.55. The molecular formula is C18H22N2O2. The van der Waals surface area contributed by atoms with E-state index in [2.05, 4.69) is 4.98 Å². The molecule has 1 aliphatic carbocycles. The number of pyridine rings is 1. The third-order valence-corrected chi connectivity index (χ3v) is 4.75. The molecule has 3 rings (SSSR count). The largest absolute Gasteiger partial charge is 0.329 e. The van der Waals surface area contributed by atoms with Crippen molar-refractivity contribution in [3.05, 3.63) is 46.4 Å². The predicted molar refractivity (Wildman–Crippen MR) is 87.8 cm³/mol. The smallest absolute Gasteiger partial charge is 0.255 e. The maximum atomic E-state index is 12.4. The van der Waals surface area contributed by atoms with Crippen LogP contribution in [0.3, 0.4) is 0 Å². The van der Waals surface area contributed by atoms with E-state index in [-0.39, 0.29) is 17.4 Å². The van der Waals surface area contributed by atoms with E-state index in [4.69, 9.17) is 5.73 Å². The molecule has 116 valence electrons. The Labute approximate surface area is 129 Å². The molecule has 1 saturated carbocycles. The molecule has 0 unspecified atom stereocenters. The number of nitrogens with one attached hydrogen (secondary N) is 1. The second kappa shape index (κ2) is 6.44. The number of rotatable bonds is 4. The summed E-state index contributed by atoms with van der Waals surface area (Å²) in [5.74, 6) is 0.445. The molecule has 22 heavy (non-hydrogen) atoms. The Kier molecular flexibility index (Phi) is 4.39. The molecule has 4 heteroatoms. The van der Waals surface area contributed by atoms with Crippen LogP contribution < -0.4 is 11.3 Å². The zero-order valence-electron chi connectivity index (χ0n) is 12.7. The molecule has 1 fully saturated rings. The lowest BCUT2D eigenvalue weighted by molar-refractivity contribution is -0.121. The van der Waals surface area contributed by atoms with Gasteiger partial charge in [0, 0.05) is 18.0 Å². The quantitative estimate of drug-likeness (QED) is 0.910. The lowest BCUT2D eigenvalue weighted by atomic mass is 9.81. The molecule has 1 atom stereocenters. The molecular weight excluding hydrogens is 276 g/mol. The van der Waals surface area contributed by atoms with Crippen molar-refractivity contribution in [2.75, 3.05) is 0 Å². The third kappa shape index (κ3) is 3.12. The fourth-order valence-corrected chi connectivity index (χ4v) is 3.43. The van der Waals surface area contributed by atoms with Crippen LogP contribution >= 0.6 is 0 Å². The van der Waals surface area contributed by atoms with Crippen molar-refractivity contribution in [2.45, 2.75) is 44.6 Å². The second-order valence-electron chi connectivity index (χ2n) is 6.30. The Bertz CT molecular complexity index is 729. The van der Waals surface area contributed by atoms with Gasteiger partial charge in [-0.25, -0.2) is 0 Å². The van der Waals surface area contributed by atoms with Gasteiger partial charge in [-0.1, -0.05) is 31.4 Å². The molecule has 4 nitrogen and oxygen atoms in total. The van der Waals surface area contributed by atoms with Crippen molar-refractivity contribution in [3.8, 4) is 0 Å². The number of aromatic nitrogens is 1. The highest BCUT2D eigenvalue weighted by Crippen LogP contribution is 2.26. The van der Waals surface area contributed by atoms with Crippen LogP contribution in [0.15, 0.2) is 35.3 Å². The number of benzene rings is 1. The minimum Gasteiger partial charge on any atom is -0.329 e. The third-order valence-electron chi connectivity index (χ3n) is 4.75. The van der Waals surface area contributed by atoms with Gasteiger partial charge in [-0.2, -0.15) is 0 Å². The Morgan fingerprint density at radius 3 is 2.77 bits per heavy atom. The highest BCUT2D eigenvalue weighted by molar-refractivity contribution is 5.88. The molecule has 3 N–H and O–H groups in total. The molecule has 2 aromatic rings. The number of fused-ring (bicyclic) bond motifs is 1. The van der Waals surface area contributed by atoms with Crippen molar-refractivity contribution in [2.24, 2.45) is 11.7 Å². The van der Waals surface area contributed by atoms with Crippen LogP contribution in [0.1, 0.15) is 37.7 Å². The maximum absolute atomic E-state index is 12.4. The Morgan fingerprint density at radius 1 is 1.23 bits per heavy atom. The molecule has 1 aromatic heterocycles. The first-order valence-electron chi connectivity index (χ1n) is 8.04. The van der Waals surface area contributed by atoms with Gasteiger partial charge < -0.3 is 10.7 Å². The molecule has 1 aromatic carbocycles. The number of carbonyl (C=O) groups is 1. The summed E-state index contributed by atoms with van der Waals surface area (Å²) < 4.78 is 0. The summed E-state index contributed by atoms with van der Waals surface area (Å²) in [6.45, 7) is 0. The van der Waals surface area contributed by atoms with E-state index in [1.807, 2.05) is 18.2 Å². The van der Waals surface area contributed by atoms with E-state index < -0.39 is 0 Å². The van der Waals surface area contributed by atoms with Crippen molar-refractivity contribution >= 4 is 16.6 Å². The van der Waals surface area contributed by atoms with Gasteiger partial charge in [0.2, 0.25) is 0 Å². The topological polar surface area (TPSA) is 76.0 Å². The van der Waals surface area contributed by atoms with Gasteiger partial charge in [-0.3, -0.25) is 9.59 Å². The van der Waals surface area contributed by atoms with Gasteiger partial charge in [0.05, 0.1) is 6.04 Å². The Hall–Kier alpha value is -1.94. The van der Waals surface area contributed by atoms with Crippen molar-refractivity contribution < 1.29 is 4.79 Å². The lowest BCUT2D eigenvalue weighted by Gasteiger charge is -2.26. The van der Waals surface area contributed by atoms with Gasteiger partial charge in [0.25, 0.3) is 5.56 Å². The van der Waals surface area contributed by atoms with E-state index in [1.165, 1.54) is 19.3 Å². The van der Waals surface area contributed by atoms with Gasteiger partial charge in [-0.05, 0) is 41.8 Å². The Balaban J connectivity index is 1.74. The van der Waals surface area contributed by atoms with Crippen LogP contribution in [-0.4, -0.2) is 16.8 Å². The molecule has 1 heterocycles. The van der Waals surface area contributed by atoms with E-state index in [9.17, 15) is 9.59 Å². The van der Waals surface area contributed by atoms with Crippen LogP contribution in [-0.2, 0) is 11.2 Å². The number of aromatic amines is 1. The van der Waals surface area contributed by atoms with Gasteiger partial charge in [0.15, 0.2) is 5.78 Å². The van der Waals surface area contributed by atoms with Crippen molar-refractivity contribution in [1.29, 1.82) is 0 Å². The molecule has 1 aliphatic rings. The average molecular weight is 298 g/mol. The number of Topliss-reactive ketones (excluding diaryl/α,β-unsaturated/α-hetero) is 1. The number of ketones is 1. The molecule has 0 radical (unpaired) electrons. The number of hydrogen-bond acceptors (Lipinski definition) is 3. The first-order valence-corrected chi connectivity index (χ1v) is 8.04. The summed E-state index contributed by atoms with van der Waals surface area (Å²) in [7, 11) is 0. The molecule has 0 aliphatic heterocycles. The number of hydrogen-bond donors (Lipinski definition) is 2. The molecule has 0 spiro atoms. The van der Waals surface area contributed by atoms with Crippen LogP contribution in [0.4, 0.5) is 0 Å². The minimum absolute atomic E-state index is 0.103. The zero-order valence-corrected chi connectivity index (χ0v) is 12.7. The Morgan fingerprint density at radius 2 is 2.00 bits per heavy atom. The van der Waals surface area contributed by atoms with E-state index in [0.29, 0.717) is 17.7 Å².